The van der Waals surface area contributed by atoms with Crippen LogP contribution in [0.5, 0.6) is 0 Å². The van der Waals surface area contributed by atoms with Gasteiger partial charge in [-0.1, -0.05) is 13.8 Å². The van der Waals surface area contributed by atoms with E-state index >= 15 is 0 Å². The Morgan fingerprint density at radius 1 is 1.04 bits per heavy atom. The van der Waals surface area contributed by atoms with Gasteiger partial charge in [0.2, 0.25) is 0 Å². The molecule has 144 valence electrons. The van der Waals surface area contributed by atoms with Crippen molar-refractivity contribution in [1.82, 2.24) is 0 Å². The van der Waals surface area contributed by atoms with Crippen molar-refractivity contribution in [3.63, 3.8) is 0 Å². The van der Waals surface area contributed by atoms with Crippen LogP contribution in [0.1, 0.15) is 52.4 Å². The second-order valence-corrected chi connectivity index (χ2v) is 8.61. The molecule has 4 aliphatic carbocycles. The average Bonchev–Trinajstić information content (AvgIpc) is 3.31. The van der Waals surface area contributed by atoms with E-state index in [9.17, 15) is 18.0 Å². The van der Waals surface area contributed by atoms with Crippen LogP contribution >= 0.6 is 0 Å². The molecule has 4 fully saturated rings. The number of esters is 1. The molecular formula is C19H29F3O3. The zero-order valence-corrected chi connectivity index (χ0v) is 15.2. The van der Waals surface area contributed by atoms with E-state index in [-0.39, 0.29) is 30.3 Å². The maximum Gasteiger partial charge on any atom is 0.405 e. The molecule has 25 heavy (non-hydrogen) atoms. The number of ether oxygens (including phenoxy) is 1. The zero-order valence-electron chi connectivity index (χ0n) is 15.2. The van der Waals surface area contributed by atoms with Crippen LogP contribution in [-0.4, -0.2) is 30.5 Å². The van der Waals surface area contributed by atoms with Crippen LogP contribution < -0.4 is 0 Å². The number of rotatable bonds is 2. The molecule has 4 aliphatic rings. The van der Waals surface area contributed by atoms with E-state index in [0.29, 0.717) is 18.3 Å². The summed E-state index contributed by atoms with van der Waals surface area (Å²) in [5.74, 6) is -0.511. The van der Waals surface area contributed by atoms with Crippen LogP contribution in [-0.2, 0) is 9.53 Å². The average molecular weight is 362 g/mol. The van der Waals surface area contributed by atoms with E-state index in [4.69, 9.17) is 9.84 Å². The van der Waals surface area contributed by atoms with Gasteiger partial charge in [-0.05, 0) is 74.0 Å². The number of carbonyl (C=O) groups excluding carboxylic acids is 1. The predicted molar refractivity (Wildman–Crippen MR) is 86.5 cm³/mol. The van der Waals surface area contributed by atoms with Gasteiger partial charge in [0, 0.05) is 7.11 Å². The summed E-state index contributed by atoms with van der Waals surface area (Å²) in [6, 6.07) is 0. The van der Waals surface area contributed by atoms with Crippen LogP contribution in [0.25, 0.3) is 0 Å². The summed E-state index contributed by atoms with van der Waals surface area (Å²) in [7, 11) is 1.00. The van der Waals surface area contributed by atoms with Gasteiger partial charge in [0.15, 0.2) is 5.41 Å². The lowest BCUT2D eigenvalue weighted by Gasteiger charge is -2.42. The quantitative estimate of drug-likeness (QED) is 0.750. The van der Waals surface area contributed by atoms with Crippen LogP contribution in [0, 0.1) is 40.9 Å². The molecule has 8 atom stereocenters. The minimum atomic E-state index is -4.50. The van der Waals surface area contributed by atoms with Gasteiger partial charge in [-0.25, -0.2) is 0 Å². The summed E-state index contributed by atoms with van der Waals surface area (Å²) >= 11 is 0. The topological polar surface area (TPSA) is 46.5 Å². The normalized spacial score (nSPS) is 47.6. The Kier molecular flexibility index (Phi) is 4.89. The molecule has 0 saturated heterocycles. The Morgan fingerprint density at radius 3 is 2.16 bits per heavy atom. The number of fused-ring (bicyclic) bond motifs is 4. The molecule has 0 heterocycles. The lowest BCUT2D eigenvalue weighted by molar-refractivity contribution is -0.257. The number of alkyl halides is 3. The first-order valence-corrected chi connectivity index (χ1v) is 9.46. The molecule has 0 aromatic rings. The summed E-state index contributed by atoms with van der Waals surface area (Å²) in [4.78, 5) is 12.7. The predicted octanol–water partition coefficient (Wildman–Crippen LogP) is 4.19. The summed E-state index contributed by atoms with van der Waals surface area (Å²) in [5, 5.41) is 7.00. The monoisotopic (exact) mass is 362 g/mol. The van der Waals surface area contributed by atoms with Crippen molar-refractivity contribution in [3.8, 4) is 0 Å². The molecule has 0 radical (unpaired) electrons. The van der Waals surface area contributed by atoms with E-state index in [2.05, 4.69) is 0 Å². The second-order valence-electron chi connectivity index (χ2n) is 8.61. The van der Waals surface area contributed by atoms with Crippen molar-refractivity contribution in [1.29, 1.82) is 0 Å². The van der Waals surface area contributed by atoms with Crippen molar-refractivity contribution in [2.45, 2.75) is 64.7 Å². The van der Waals surface area contributed by atoms with E-state index in [1.165, 1.54) is 0 Å². The molecular weight excluding hydrogens is 333 g/mol. The lowest BCUT2D eigenvalue weighted by Crippen LogP contribution is -2.53. The molecule has 4 rings (SSSR count). The maximum absolute atomic E-state index is 14.0. The molecule has 0 aromatic carbocycles. The SMILES string of the molecule is CC1C2CC(C1C)C(C(=O)OC1CC3CCC1C3)(C(F)(F)F)C2.CO. The highest BCUT2D eigenvalue weighted by Gasteiger charge is 2.73. The van der Waals surface area contributed by atoms with Crippen molar-refractivity contribution in [3.05, 3.63) is 0 Å². The van der Waals surface area contributed by atoms with E-state index in [1.807, 2.05) is 13.8 Å². The minimum absolute atomic E-state index is 0.00389. The molecule has 4 bridgehead atoms. The van der Waals surface area contributed by atoms with Gasteiger partial charge in [0.05, 0.1) is 0 Å². The smallest absolute Gasteiger partial charge is 0.405 e. The van der Waals surface area contributed by atoms with Crippen molar-refractivity contribution in [2.75, 3.05) is 7.11 Å². The zero-order chi connectivity index (χ0) is 18.6. The first kappa shape index (κ1) is 19.0. The highest BCUT2D eigenvalue weighted by molar-refractivity contribution is 5.79. The first-order valence-electron chi connectivity index (χ1n) is 9.46. The largest absolute Gasteiger partial charge is 0.461 e. The first-order chi connectivity index (χ1) is 11.7. The Balaban J connectivity index is 0.000000880. The van der Waals surface area contributed by atoms with Gasteiger partial charge in [0.25, 0.3) is 0 Å². The Labute approximate surface area is 147 Å². The Hall–Kier alpha value is -0.780. The van der Waals surface area contributed by atoms with E-state index in [0.717, 1.165) is 32.8 Å². The Morgan fingerprint density at radius 2 is 1.72 bits per heavy atom. The molecule has 6 heteroatoms. The molecule has 0 aromatic heterocycles. The summed E-state index contributed by atoms with van der Waals surface area (Å²) in [6.45, 7) is 3.90. The molecule has 0 aliphatic heterocycles. The third kappa shape index (κ3) is 2.70. The number of halogens is 3. The number of aliphatic hydroxyl groups excluding tert-OH is 1. The van der Waals surface area contributed by atoms with Gasteiger partial charge >= 0.3 is 12.1 Å². The van der Waals surface area contributed by atoms with Crippen molar-refractivity contribution < 1.29 is 27.8 Å². The van der Waals surface area contributed by atoms with Crippen molar-refractivity contribution in [2.24, 2.45) is 40.9 Å². The van der Waals surface area contributed by atoms with Gasteiger partial charge in [-0.3, -0.25) is 4.79 Å². The number of hydrogen-bond acceptors (Lipinski definition) is 3. The summed E-state index contributed by atoms with van der Waals surface area (Å²) < 4.78 is 47.5. The second kappa shape index (κ2) is 6.43. The third-order valence-electron chi connectivity index (χ3n) is 7.78. The number of carbonyl (C=O) groups is 1. The van der Waals surface area contributed by atoms with E-state index < -0.39 is 23.5 Å². The third-order valence-corrected chi connectivity index (χ3v) is 7.78. The lowest BCUT2D eigenvalue weighted by atomic mass is 9.65. The molecule has 4 saturated carbocycles. The molecule has 8 unspecified atom stereocenters. The van der Waals surface area contributed by atoms with Gasteiger partial charge < -0.3 is 9.84 Å². The van der Waals surface area contributed by atoms with Crippen LogP contribution in [0.3, 0.4) is 0 Å². The van der Waals surface area contributed by atoms with Crippen molar-refractivity contribution >= 4 is 5.97 Å². The number of aliphatic hydroxyl groups is 1. The van der Waals surface area contributed by atoms with Crippen LogP contribution in [0.2, 0.25) is 0 Å². The number of hydrogen-bond donors (Lipinski definition) is 1. The summed E-state index contributed by atoms with van der Waals surface area (Å²) in [5.41, 5.74) is -2.24. The highest BCUT2D eigenvalue weighted by Crippen LogP contribution is 2.67. The van der Waals surface area contributed by atoms with Gasteiger partial charge in [-0.2, -0.15) is 13.2 Å². The fourth-order valence-electron chi connectivity index (χ4n) is 6.29. The highest BCUT2D eigenvalue weighted by atomic mass is 19.4. The molecule has 0 amide bonds. The molecule has 3 nitrogen and oxygen atoms in total. The van der Waals surface area contributed by atoms with E-state index in [1.54, 1.807) is 0 Å². The standard InChI is InChI=1S/C18H25F3O2.CH4O/c1-9-10(2)14-7-13(9)8-17(14,18(19,20)21)16(22)23-15-6-11-3-4-12(15)5-11;1-2/h9-15H,3-8H2,1-2H3;2H,1H3. The maximum atomic E-state index is 14.0. The molecule has 1 N–H and O–H groups in total. The fraction of sp³-hybridized carbons (Fsp3) is 0.947. The van der Waals surface area contributed by atoms with Crippen LogP contribution in [0.15, 0.2) is 0 Å². The van der Waals surface area contributed by atoms with Crippen LogP contribution in [0.4, 0.5) is 13.2 Å². The summed E-state index contributed by atoms with van der Waals surface area (Å²) in [6.07, 6.45) is -0.382. The minimum Gasteiger partial charge on any atom is -0.461 e. The Bertz CT molecular complexity index is 519. The molecule has 0 spiro atoms. The van der Waals surface area contributed by atoms with Gasteiger partial charge in [-0.15, -0.1) is 0 Å². The fourth-order valence-corrected chi connectivity index (χ4v) is 6.29. The van der Waals surface area contributed by atoms with Gasteiger partial charge in [0.1, 0.15) is 6.10 Å².